The van der Waals surface area contributed by atoms with E-state index >= 15 is 0 Å². The number of carbonyl (C=O) groups is 1. The van der Waals surface area contributed by atoms with Gasteiger partial charge < -0.3 is 11.1 Å². The van der Waals surface area contributed by atoms with E-state index < -0.39 is 5.91 Å². The first-order chi connectivity index (χ1) is 8.61. The van der Waals surface area contributed by atoms with E-state index in [1.807, 2.05) is 0 Å². The van der Waals surface area contributed by atoms with E-state index in [9.17, 15) is 4.79 Å². The summed E-state index contributed by atoms with van der Waals surface area (Å²) < 4.78 is 4.11. The number of aromatic nitrogens is 1. The number of anilines is 2. The summed E-state index contributed by atoms with van der Waals surface area (Å²) in [6, 6.07) is 8.89. The fraction of sp³-hybridized carbons (Fsp3) is 0.0833. The minimum Gasteiger partial charge on any atom is -0.366 e. The number of benzene rings is 1. The van der Waals surface area contributed by atoms with Crippen molar-refractivity contribution in [3.8, 4) is 6.07 Å². The summed E-state index contributed by atoms with van der Waals surface area (Å²) in [5, 5.41) is 12.7. The molecule has 90 valence electrons. The van der Waals surface area contributed by atoms with Gasteiger partial charge in [0.2, 0.25) is 5.91 Å². The lowest BCUT2D eigenvalue weighted by Crippen LogP contribution is -2.10. The number of nitrogens with two attached hydrogens (primary N) is 1. The average molecular weight is 258 g/mol. The van der Waals surface area contributed by atoms with E-state index in [-0.39, 0.29) is 0 Å². The number of primary amides is 1. The summed E-state index contributed by atoms with van der Waals surface area (Å²) in [5.41, 5.74) is 7.53. The molecule has 1 aromatic heterocycles. The van der Waals surface area contributed by atoms with Gasteiger partial charge in [0.1, 0.15) is 16.6 Å². The van der Waals surface area contributed by atoms with E-state index in [0.717, 1.165) is 0 Å². The monoisotopic (exact) mass is 258 g/mol. The second kappa shape index (κ2) is 4.85. The van der Waals surface area contributed by atoms with Gasteiger partial charge in [-0.1, -0.05) is 6.07 Å². The van der Waals surface area contributed by atoms with Gasteiger partial charge in [0.25, 0.3) is 0 Å². The van der Waals surface area contributed by atoms with Crippen LogP contribution in [0.3, 0.4) is 0 Å². The molecule has 0 fully saturated rings. The molecule has 5 nitrogen and oxygen atoms in total. The maximum absolute atomic E-state index is 11.1. The Labute approximate surface area is 108 Å². The molecule has 0 saturated carbocycles. The number of nitrogens with zero attached hydrogens (tertiary/aromatic N) is 2. The highest BCUT2D eigenvalue weighted by Crippen LogP contribution is 2.27. The molecule has 0 aliphatic carbocycles. The van der Waals surface area contributed by atoms with Gasteiger partial charge >= 0.3 is 0 Å². The number of hydrogen-bond donors (Lipinski definition) is 2. The second-order valence-electron chi connectivity index (χ2n) is 3.65. The van der Waals surface area contributed by atoms with Gasteiger partial charge in [0.05, 0.1) is 5.69 Å². The summed E-state index contributed by atoms with van der Waals surface area (Å²) in [6.45, 7) is 1.78. The van der Waals surface area contributed by atoms with Crippen molar-refractivity contribution in [2.45, 2.75) is 6.92 Å². The smallest absolute Gasteiger partial charge is 0.248 e. The van der Waals surface area contributed by atoms with Crippen LogP contribution in [0.4, 0.5) is 10.7 Å². The SMILES string of the molecule is Cc1nsc(Nc2cccc(C(N)=O)c2)c1C#N. The Kier molecular flexibility index (Phi) is 3.26. The number of aryl methyl sites for hydroxylation is 1. The van der Waals surface area contributed by atoms with Gasteiger partial charge in [-0.3, -0.25) is 4.79 Å². The molecule has 0 atom stereocenters. The van der Waals surface area contributed by atoms with Gasteiger partial charge in [-0.15, -0.1) is 0 Å². The molecule has 0 spiro atoms. The number of hydrogen-bond acceptors (Lipinski definition) is 5. The van der Waals surface area contributed by atoms with Gasteiger partial charge in [-0.05, 0) is 36.7 Å². The molecule has 0 unspecified atom stereocenters. The van der Waals surface area contributed by atoms with E-state index in [0.29, 0.717) is 27.5 Å². The number of rotatable bonds is 3. The van der Waals surface area contributed by atoms with Crippen molar-refractivity contribution in [1.82, 2.24) is 4.37 Å². The van der Waals surface area contributed by atoms with Crippen LogP contribution in [0.2, 0.25) is 0 Å². The first-order valence-corrected chi connectivity index (χ1v) is 5.92. The molecule has 0 saturated heterocycles. The fourth-order valence-corrected chi connectivity index (χ4v) is 2.24. The Balaban J connectivity index is 2.32. The summed E-state index contributed by atoms with van der Waals surface area (Å²) in [4.78, 5) is 11.1. The zero-order chi connectivity index (χ0) is 13.1. The van der Waals surface area contributed by atoms with E-state index in [1.54, 1.807) is 31.2 Å². The van der Waals surface area contributed by atoms with E-state index in [1.165, 1.54) is 11.5 Å². The van der Waals surface area contributed by atoms with Gasteiger partial charge in [0.15, 0.2) is 0 Å². The van der Waals surface area contributed by atoms with Crippen molar-refractivity contribution in [3.63, 3.8) is 0 Å². The van der Waals surface area contributed by atoms with Gasteiger partial charge in [-0.2, -0.15) is 9.64 Å². The van der Waals surface area contributed by atoms with Crippen molar-refractivity contribution < 1.29 is 4.79 Å². The fourth-order valence-electron chi connectivity index (χ4n) is 1.47. The Morgan fingerprint density at radius 1 is 1.56 bits per heavy atom. The standard InChI is InChI=1S/C12H10N4OS/c1-7-10(6-13)12(18-16-7)15-9-4-2-3-8(5-9)11(14)17/h2-5,15H,1H3,(H2,14,17). The molecular formula is C12H10N4OS. The van der Waals surface area contributed by atoms with E-state index in [4.69, 9.17) is 11.0 Å². The summed E-state index contributed by atoms with van der Waals surface area (Å²) in [7, 11) is 0. The summed E-state index contributed by atoms with van der Waals surface area (Å²) >= 11 is 1.21. The molecule has 0 radical (unpaired) electrons. The van der Waals surface area contributed by atoms with Crippen LogP contribution in [0.25, 0.3) is 0 Å². The first-order valence-electron chi connectivity index (χ1n) is 5.15. The molecule has 1 heterocycles. The van der Waals surface area contributed by atoms with Crippen LogP contribution in [0, 0.1) is 18.3 Å². The third kappa shape index (κ3) is 2.31. The lowest BCUT2D eigenvalue weighted by atomic mass is 10.2. The van der Waals surface area contributed by atoms with Gasteiger partial charge in [-0.25, -0.2) is 0 Å². The van der Waals surface area contributed by atoms with Crippen LogP contribution >= 0.6 is 11.5 Å². The molecule has 3 N–H and O–H groups in total. The Morgan fingerprint density at radius 2 is 2.33 bits per heavy atom. The molecule has 6 heteroatoms. The van der Waals surface area contributed by atoms with Crippen molar-refractivity contribution in [2.24, 2.45) is 5.73 Å². The maximum atomic E-state index is 11.1. The Hall–Kier alpha value is -2.39. The molecular weight excluding hydrogens is 248 g/mol. The minimum atomic E-state index is -0.486. The lowest BCUT2D eigenvalue weighted by molar-refractivity contribution is 0.100. The topological polar surface area (TPSA) is 91.8 Å². The van der Waals surface area contributed by atoms with Crippen molar-refractivity contribution in [2.75, 3.05) is 5.32 Å². The molecule has 0 aliphatic rings. The zero-order valence-corrected chi connectivity index (χ0v) is 10.4. The highest BCUT2D eigenvalue weighted by molar-refractivity contribution is 7.10. The van der Waals surface area contributed by atoms with Gasteiger partial charge in [0, 0.05) is 11.3 Å². The van der Waals surface area contributed by atoms with Crippen molar-refractivity contribution >= 4 is 28.1 Å². The van der Waals surface area contributed by atoms with Crippen LogP contribution in [0.15, 0.2) is 24.3 Å². The predicted molar refractivity (Wildman–Crippen MR) is 69.8 cm³/mol. The second-order valence-corrected chi connectivity index (χ2v) is 4.43. The third-order valence-electron chi connectivity index (χ3n) is 2.38. The van der Waals surface area contributed by atoms with Crippen LogP contribution < -0.4 is 11.1 Å². The van der Waals surface area contributed by atoms with Crippen molar-refractivity contribution in [3.05, 3.63) is 41.1 Å². The number of amides is 1. The number of carbonyl (C=O) groups excluding carboxylic acids is 1. The van der Waals surface area contributed by atoms with Crippen LogP contribution in [-0.4, -0.2) is 10.3 Å². The van der Waals surface area contributed by atoms with Crippen LogP contribution in [-0.2, 0) is 0 Å². The molecule has 0 bridgehead atoms. The maximum Gasteiger partial charge on any atom is 0.248 e. The highest BCUT2D eigenvalue weighted by Gasteiger charge is 2.10. The zero-order valence-electron chi connectivity index (χ0n) is 9.60. The largest absolute Gasteiger partial charge is 0.366 e. The molecule has 0 aliphatic heterocycles. The van der Waals surface area contributed by atoms with Crippen molar-refractivity contribution in [1.29, 1.82) is 5.26 Å². The van der Waals surface area contributed by atoms with Crippen LogP contribution in [0.1, 0.15) is 21.6 Å². The molecule has 2 rings (SSSR count). The Bertz CT molecular complexity index is 642. The minimum absolute atomic E-state index is 0.416. The van der Waals surface area contributed by atoms with E-state index in [2.05, 4.69) is 15.8 Å². The predicted octanol–water partition coefficient (Wildman–Crippen LogP) is 2.17. The lowest BCUT2D eigenvalue weighted by Gasteiger charge is -2.04. The molecule has 1 amide bonds. The van der Waals surface area contributed by atoms with Crippen LogP contribution in [0.5, 0.6) is 0 Å². The molecule has 1 aromatic carbocycles. The number of nitrogens with one attached hydrogen (secondary N) is 1. The highest BCUT2D eigenvalue weighted by atomic mass is 32.1. The number of nitriles is 1. The molecule has 18 heavy (non-hydrogen) atoms. The Morgan fingerprint density at radius 3 is 3.00 bits per heavy atom. The normalized spacial score (nSPS) is 9.78. The average Bonchev–Trinajstić information content (AvgIpc) is 2.70. The first kappa shape index (κ1) is 12.1. The summed E-state index contributed by atoms with van der Waals surface area (Å²) in [6.07, 6.45) is 0. The molecule has 2 aromatic rings. The third-order valence-corrected chi connectivity index (χ3v) is 3.23. The summed E-state index contributed by atoms with van der Waals surface area (Å²) in [5.74, 6) is -0.486. The quantitative estimate of drug-likeness (QED) is 0.882.